The molecule has 0 aliphatic carbocycles. The summed E-state index contributed by atoms with van der Waals surface area (Å²) in [7, 11) is 0. The van der Waals surface area contributed by atoms with Crippen LogP contribution in [0.2, 0.25) is 0 Å². The number of hydrogen-bond acceptors (Lipinski definition) is 7. The van der Waals surface area contributed by atoms with Crippen molar-refractivity contribution in [2.75, 3.05) is 19.7 Å². The Morgan fingerprint density at radius 2 is 2.41 bits per heavy atom. The fourth-order valence-electron chi connectivity index (χ4n) is 3.30. The summed E-state index contributed by atoms with van der Waals surface area (Å²) in [5, 5.41) is 5.61. The highest BCUT2D eigenvalue weighted by Crippen LogP contribution is 2.35. The molecule has 0 spiro atoms. The molecular weight excluding hydrogens is 304 g/mol. The molecule has 2 aromatic rings. The van der Waals surface area contributed by atoms with Crippen LogP contribution in [0.5, 0.6) is 0 Å². The Balaban J connectivity index is 1.44. The van der Waals surface area contributed by atoms with E-state index in [0.717, 1.165) is 0 Å². The number of amides is 1. The second kappa shape index (κ2) is 5.44. The van der Waals surface area contributed by atoms with E-state index in [9.17, 15) is 4.79 Å². The van der Waals surface area contributed by atoms with Crippen LogP contribution < -0.4 is 0 Å². The van der Waals surface area contributed by atoms with Crippen LogP contribution in [-0.2, 0) is 11.2 Å². The van der Waals surface area contributed by atoms with E-state index in [0.29, 0.717) is 55.4 Å². The van der Waals surface area contributed by atoms with Crippen LogP contribution in [0.4, 0.5) is 0 Å². The monoisotopic (exact) mass is 320 g/mol. The topological polar surface area (TPSA) is 81.4 Å². The number of aromatic nitrogens is 3. The summed E-state index contributed by atoms with van der Waals surface area (Å²) in [6.07, 6.45) is 0.817. The standard InChI is InChI=1S/C14H16N4O3S/c1-8-16-13(21-17-8)2-9-5-20-12-4-18(3-10(9)12)14(19)11-6-22-7-15-11/h6-7,9-10,12H,2-5H2,1H3/t9-,10+,12+/m0/s1. The van der Waals surface area contributed by atoms with Crippen LogP contribution in [0.3, 0.4) is 0 Å². The molecule has 1 amide bonds. The number of thiazole rings is 1. The van der Waals surface area contributed by atoms with Crippen LogP contribution in [-0.4, -0.2) is 51.7 Å². The van der Waals surface area contributed by atoms with Crippen molar-refractivity contribution in [1.29, 1.82) is 0 Å². The third kappa shape index (κ3) is 2.42. The van der Waals surface area contributed by atoms with E-state index >= 15 is 0 Å². The highest BCUT2D eigenvalue weighted by atomic mass is 32.1. The second-order valence-electron chi connectivity index (χ2n) is 5.82. The van der Waals surface area contributed by atoms with E-state index in [1.807, 2.05) is 11.8 Å². The van der Waals surface area contributed by atoms with Gasteiger partial charge in [0.05, 0.1) is 18.2 Å². The van der Waals surface area contributed by atoms with Crippen molar-refractivity contribution in [2.45, 2.75) is 19.4 Å². The van der Waals surface area contributed by atoms with Gasteiger partial charge in [-0.25, -0.2) is 4.98 Å². The molecule has 116 valence electrons. The summed E-state index contributed by atoms with van der Waals surface area (Å²) >= 11 is 1.44. The normalized spacial score (nSPS) is 27.3. The number of carbonyl (C=O) groups excluding carboxylic acids is 1. The molecule has 0 bridgehead atoms. The molecule has 8 heteroatoms. The van der Waals surface area contributed by atoms with Crippen molar-refractivity contribution in [1.82, 2.24) is 20.0 Å². The molecule has 0 N–H and O–H groups in total. The lowest BCUT2D eigenvalue weighted by atomic mass is 9.90. The largest absolute Gasteiger partial charge is 0.376 e. The average molecular weight is 320 g/mol. The maximum atomic E-state index is 12.4. The number of carbonyl (C=O) groups is 1. The maximum absolute atomic E-state index is 12.4. The first-order valence-corrected chi connectivity index (χ1v) is 8.23. The number of fused-ring (bicyclic) bond motifs is 1. The average Bonchev–Trinajstić information content (AvgIpc) is 3.24. The Morgan fingerprint density at radius 3 is 3.14 bits per heavy atom. The van der Waals surface area contributed by atoms with Gasteiger partial charge in [-0.15, -0.1) is 11.3 Å². The molecule has 0 unspecified atom stereocenters. The van der Waals surface area contributed by atoms with Gasteiger partial charge in [-0.3, -0.25) is 4.79 Å². The van der Waals surface area contributed by atoms with Crippen molar-refractivity contribution in [3.05, 3.63) is 28.3 Å². The first kappa shape index (κ1) is 13.8. The molecule has 2 aliphatic rings. The third-order valence-corrected chi connectivity index (χ3v) is 4.97. The van der Waals surface area contributed by atoms with Gasteiger partial charge >= 0.3 is 0 Å². The highest BCUT2D eigenvalue weighted by Gasteiger charge is 2.45. The van der Waals surface area contributed by atoms with E-state index in [1.54, 1.807) is 10.9 Å². The summed E-state index contributed by atoms with van der Waals surface area (Å²) in [4.78, 5) is 22.6. The van der Waals surface area contributed by atoms with Crippen LogP contribution in [0.25, 0.3) is 0 Å². The molecule has 2 aliphatic heterocycles. The zero-order valence-electron chi connectivity index (χ0n) is 12.1. The zero-order chi connectivity index (χ0) is 15.1. The van der Waals surface area contributed by atoms with Crippen molar-refractivity contribution < 1.29 is 14.1 Å². The van der Waals surface area contributed by atoms with E-state index in [-0.39, 0.29) is 12.0 Å². The van der Waals surface area contributed by atoms with Gasteiger partial charge in [-0.2, -0.15) is 4.98 Å². The second-order valence-corrected chi connectivity index (χ2v) is 6.54. The number of hydrogen-bond donors (Lipinski definition) is 0. The lowest BCUT2D eigenvalue weighted by molar-refractivity contribution is 0.0672. The Morgan fingerprint density at radius 1 is 1.50 bits per heavy atom. The predicted molar refractivity (Wildman–Crippen MR) is 77.5 cm³/mol. The minimum atomic E-state index is -0.00775. The Labute approximate surface area is 131 Å². The molecule has 7 nitrogen and oxygen atoms in total. The van der Waals surface area contributed by atoms with E-state index < -0.39 is 0 Å². The summed E-state index contributed by atoms with van der Waals surface area (Å²) in [5.74, 6) is 1.94. The van der Waals surface area contributed by atoms with Gasteiger partial charge in [-0.1, -0.05) is 5.16 Å². The molecule has 0 aromatic carbocycles. The number of aryl methyl sites for hydroxylation is 1. The molecule has 4 rings (SSSR count). The summed E-state index contributed by atoms with van der Waals surface area (Å²) in [6.45, 7) is 3.85. The molecule has 0 radical (unpaired) electrons. The molecule has 2 aromatic heterocycles. The third-order valence-electron chi connectivity index (χ3n) is 4.38. The van der Waals surface area contributed by atoms with E-state index in [4.69, 9.17) is 9.26 Å². The highest BCUT2D eigenvalue weighted by molar-refractivity contribution is 7.07. The molecule has 3 atom stereocenters. The maximum Gasteiger partial charge on any atom is 0.273 e. The zero-order valence-corrected chi connectivity index (χ0v) is 13.0. The number of ether oxygens (including phenoxy) is 1. The molecule has 0 saturated carbocycles. The summed E-state index contributed by atoms with van der Waals surface area (Å²) in [6, 6.07) is 0. The number of rotatable bonds is 3. The quantitative estimate of drug-likeness (QED) is 0.844. The van der Waals surface area contributed by atoms with Gasteiger partial charge in [-0.05, 0) is 12.8 Å². The molecule has 22 heavy (non-hydrogen) atoms. The first-order valence-electron chi connectivity index (χ1n) is 7.29. The van der Waals surface area contributed by atoms with Crippen LogP contribution in [0.1, 0.15) is 22.2 Å². The van der Waals surface area contributed by atoms with Crippen molar-refractivity contribution in [3.63, 3.8) is 0 Å². The van der Waals surface area contributed by atoms with Crippen LogP contribution in [0, 0.1) is 18.8 Å². The lowest BCUT2D eigenvalue weighted by Crippen LogP contribution is -2.31. The van der Waals surface area contributed by atoms with E-state index in [2.05, 4.69) is 15.1 Å². The Bertz CT molecular complexity index is 671. The SMILES string of the molecule is Cc1noc(C[C@H]2CO[C@@H]3CN(C(=O)c4cscn4)C[C@H]23)n1. The van der Waals surface area contributed by atoms with Gasteiger partial charge in [0.25, 0.3) is 5.91 Å². The molecule has 4 heterocycles. The van der Waals surface area contributed by atoms with Crippen molar-refractivity contribution >= 4 is 17.2 Å². The minimum absolute atomic E-state index is 0.00775. The van der Waals surface area contributed by atoms with Crippen LogP contribution in [0.15, 0.2) is 15.4 Å². The first-order chi connectivity index (χ1) is 10.7. The summed E-state index contributed by atoms with van der Waals surface area (Å²) < 4.78 is 11.1. The summed E-state index contributed by atoms with van der Waals surface area (Å²) in [5.41, 5.74) is 2.20. The predicted octanol–water partition coefficient (Wildman–Crippen LogP) is 1.16. The van der Waals surface area contributed by atoms with Gasteiger partial charge in [0, 0.05) is 30.8 Å². The van der Waals surface area contributed by atoms with Crippen molar-refractivity contribution in [2.24, 2.45) is 11.8 Å². The Kier molecular flexibility index (Phi) is 3.42. The van der Waals surface area contributed by atoms with Gasteiger partial charge in [0.1, 0.15) is 5.69 Å². The van der Waals surface area contributed by atoms with Crippen LogP contribution >= 0.6 is 11.3 Å². The van der Waals surface area contributed by atoms with Gasteiger partial charge < -0.3 is 14.2 Å². The van der Waals surface area contributed by atoms with Crippen molar-refractivity contribution in [3.8, 4) is 0 Å². The molecular formula is C14H16N4O3S. The number of likely N-dealkylation sites (tertiary alicyclic amines) is 1. The molecule has 2 saturated heterocycles. The van der Waals surface area contributed by atoms with Gasteiger partial charge in [0.15, 0.2) is 5.82 Å². The minimum Gasteiger partial charge on any atom is -0.376 e. The number of nitrogens with zero attached hydrogens (tertiary/aromatic N) is 4. The van der Waals surface area contributed by atoms with Gasteiger partial charge in [0.2, 0.25) is 5.89 Å². The van der Waals surface area contributed by atoms with E-state index in [1.165, 1.54) is 11.3 Å². The fourth-order valence-corrected chi connectivity index (χ4v) is 3.83. The Hall–Kier alpha value is -1.80. The lowest BCUT2D eigenvalue weighted by Gasteiger charge is -2.18. The molecule has 2 fully saturated rings. The fraction of sp³-hybridized carbons (Fsp3) is 0.571. The smallest absolute Gasteiger partial charge is 0.273 e.